The number of primary amides is 1. The minimum absolute atomic E-state index is 0.200. The molecule has 0 spiro atoms. The van der Waals surface area contributed by atoms with Gasteiger partial charge in [-0.05, 0) is 25.0 Å². The molecule has 0 aliphatic heterocycles. The number of rotatable bonds is 4. The Bertz CT molecular complexity index is 422. The summed E-state index contributed by atoms with van der Waals surface area (Å²) in [6, 6.07) is 3.73. The van der Waals surface area contributed by atoms with Crippen molar-refractivity contribution in [3.63, 3.8) is 0 Å². The van der Waals surface area contributed by atoms with Crippen molar-refractivity contribution in [3.8, 4) is 0 Å². The average molecular weight is 249 g/mol. The fourth-order valence-corrected chi connectivity index (χ4v) is 2.49. The van der Waals surface area contributed by atoms with E-state index in [1.54, 1.807) is 12.3 Å². The molecule has 2 unspecified atom stereocenters. The molecule has 0 aromatic carbocycles. The lowest BCUT2D eigenvalue weighted by Gasteiger charge is -2.31. The molecule has 0 saturated heterocycles. The Morgan fingerprint density at radius 3 is 3.00 bits per heavy atom. The minimum atomic E-state index is -0.527. The van der Waals surface area contributed by atoms with Crippen LogP contribution >= 0.6 is 0 Å². The topological polar surface area (TPSA) is 88.2 Å². The number of carbonyl (C=O) groups is 1. The molecule has 2 atom stereocenters. The fraction of sp³-hybridized carbons (Fsp3) is 0.538. The number of anilines is 1. The molecular formula is C13H19N3O2. The summed E-state index contributed by atoms with van der Waals surface area (Å²) >= 11 is 0. The Morgan fingerprint density at radius 1 is 1.50 bits per heavy atom. The van der Waals surface area contributed by atoms with E-state index in [2.05, 4.69) is 10.3 Å². The van der Waals surface area contributed by atoms with Gasteiger partial charge in [0.25, 0.3) is 5.91 Å². The van der Waals surface area contributed by atoms with Gasteiger partial charge >= 0.3 is 0 Å². The molecule has 5 nitrogen and oxygen atoms in total. The lowest BCUT2D eigenvalue weighted by molar-refractivity contribution is 0.0995. The zero-order valence-corrected chi connectivity index (χ0v) is 10.3. The normalized spacial score (nSPS) is 23.6. The molecule has 0 radical (unpaired) electrons. The molecule has 1 heterocycles. The van der Waals surface area contributed by atoms with Gasteiger partial charge in [0.05, 0.1) is 0 Å². The molecule has 1 amide bonds. The van der Waals surface area contributed by atoms with Crippen molar-refractivity contribution in [2.75, 3.05) is 11.9 Å². The zero-order valence-electron chi connectivity index (χ0n) is 10.3. The van der Waals surface area contributed by atoms with Crippen LogP contribution in [-0.4, -0.2) is 28.6 Å². The van der Waals surface area contributed by atoms with Crippen LogP contribution in [0.15, 0.2) is 18.3 Å². The summed E-state index contributed by atoms with van der Waals surface area (Å²) in [7, 11) is 0. The summed E-state index contributed by atoms with van der Waals surface area (Å²) in [4.78, 5) is 15.0. The van der Waals surface area contributed by atoms with E-state index >= 15 is 0 Å². The minimum Gasteiger partial charge on any atom is -0.396 e. The third-order valence-corrected chi connectivity index (χ3v) is 3.51. The number of amides is 1. The van der Waals surface area contributed by atoms with Crippen LogP contribution in [0.2, 0.25) is 0 Å². The summed E-state index contributed by atoms with van der Waals surface area (Å²) in [5, 5.41) is 12.7. The van der Waals surface area contributed by atoms with E-state index in [4.69, 9.17) is 5.73 Å². The number of nitrogens with zero attached hydrogens (tertiary/aromatic N) is 1. The van der Waals surface area contributed by atoms with Gasteiger partial charge in [0, 0.05) is 30.5 Å². The summed E-state index contributed by atoms with van der Waals surface area (Å²) in [6.07, 6.45) is 5.99. The number of nitrogens with one attached hydrogen (secondary N) is 1. The van der Waals surface area contributed by atoms with Gasteiger partial charge in [0.1, 0.15) is 5.69 Å². The Balaban J connectivity index is 2.07. The van der Waals surface area contributed by atoms with Gasteiger partial charge in [-0.15, -0.1) is 0 Å². The molecule has 1 fully saturated rings. The van der Waals surface area contributed by atoms with Gasteiger partial charge in [0.15, 0.2) is 0 Å². The maximum atomic E-state index is 11.1. The first-order chi connectivity index (χ1) is 8.70. The van der Waals surface area contributed by atoms with Crippen LogP contribution < -0.4 is 11.1 Å². The Labute approximate surface area is 106 Å². The summed E-state index contributed by atoms with van der Waals surface area (Å²) in [6.45, 7) is 0.200. The van der Waals surface area contributed by atoms with E-state index in [1.165, 1.54) is 12.8 Å². The second-order valence-corrected chi connectivity index (χ2v) is 4.77. The molecule has 1 aliphatic carbocycles. The highest BCUT2D eigenvalue weighted by molar-refractivity contribution is 5.91. The molecule has 4 N–H and O–H groups in total. The second kappa shape index (κ2) is 5.82. The SMILES string of the molecule is NC(=O)c1cc(NC2CCCCC2CO)ccn1. The molecule has 1 aliphatic rings. The standard InChI is InChI=1S/C13H19N3O2/c14-13(18)12-7-10(5-6-15-12)16-11-4-2-1-3-9(11)8-17/h5-7,9,11,17H,1-4,8H2,(H2,14,18)(H,15,16). The zero-order chi connectivity index (χ0) is 13.0. The van der Waals surface area contributed by atoms with E-state index in [0.29, 0.717) is 0 Å². The van der Waals surface area contributed by atoms with Crippen LogP contribution in [0, 0.1) is 5.92 Å². The van der Waals surface area contributed by atoms with Gasteiger partial charge in [-0.25, -0.2) is 0 Å². The first kappa shape index (κ1) is 12.8. The molecule has 98 valence electrons. The van der Waals surface area contributed by atoms with E-state index in [0.717, 1.165) is 18.5 Å². The monoisotopic (exact) mass is 249 g/mol. The fourth-order valence-electron chi connectivity index (χ4n) is 2.49. The van der Waals surface area contributed by atoms with Crippen molar-refractivity contribution in [3.05, 3.63) is 24.0 Å². The predicted molar refractivity (Wildman–Crippen MR) is 69.2 cm³/mol. The van der Waals surface area contributed by atoms with E-state index in [1.807, 2.05) is 6.07 Å². The second-order valence-electron chi connectivity index (χ2n) is 4.77. The number of aliphatic hydroxyl groups is 1. The number of nitrogens with two attached hydrogens (primary N) is 1. The molecule has 1 aromatic heterocycles. The molecule has 1 saturated carbocycles. The average Bonchev–Trinajstić information content (AvgIpc) is 2.39. The van der Waals surface area contributed by atoms with Gasteiger partial charge in [-0.3, -0.25) is 9.78 Å². The van der Waals surface area contributed by atoms with Gasteiger partial charge in [-0.2, -0.15) is 0 Å². The van der Waals surface area contributed by atoms with Crippen LogP contribution in [0.25, 0.3) is 0 Å². The first-order valence-corrected chi connectivity index (χ1v) is 6.34. The Morgan fingerprint density at radius 2 is 2.28 bits per heavy atom. The van der Waals surface area contributed by atoms with E-state index < -0.39 is 5.91 Å². The predicted octanol–water partition coefficient (Wildman–Crippen LogP) is 1.14. The highest BCUT2D eigenvalue weighted by Crippen LogP contribution is 2.26. The quantitative estimate of drug-likeness (QED) is 0.746. The molecular weight excluding hydrogens is 230 g/mol. The first-order valence-electron chi connectivity index (χ1n) is 6.34. The van der Waals surface area contributed by atoms with Crippen molar-refractivity contribution in [2.45, 2.75) is 31.7 Å². The molecule has 5 heteroatoms. The van der Waals surface area contributed by atoms with Crippen LogP contribution in [0.3, 0.4) is 0 Å². The van der Waals surface area contributed by atoms with Crippen molar-refractivity contribution in [1.82, 2.24) is 4.98 Å². The number of hydrogen-bond acceptors (Lipinski definition) is 4. The summed E-state index contributed by atoms with van der Waals surface area (Å²) < 4.78 is 0. The number of aromatic nitrogens is 1. The van der Waals surface area contributed by atoms with Gasteiger partial charge in [0.2, 0.25) is 0 Å². The van der Waals surface area contributed by atoms with E-state index in [-0.39, 0.29) is 24.3 Å². The van der Waals surface area contributed by atoms with Gasteiger partial charge < -0.3 is 16.2 Å². The third kappa shape index (κ3) is 2.98. The number of aliphatic hydroxyl groups excluding tert-OH is 1. The van der Waals surface area contributed by atoms with Gasteiger partial charge in [-0.1, -0.05) is 12.8 Å². The van der Waals surface area contributed by atoms with E-state index in [9.17, 15) is 9.90 Å². The van der Waals surface area contributed by atoms with Crippen LogP contribution in [0.4, 0.5) is 5.69 Å². The number of carbonyl (C=O) groups excluding carboxylic acids is 1. The molecule has 18 heavy (non-hydrogen) atoms. The third-order valence-electron chi connectivity index (χ3n) is 3.51. The Hall–Kier alpha value is -1.62. The van der Waals surface area contributed by atoms with Crippen molar-refractivity contribution in [2.24, 2.45) is 11.7 Å². The number of pyridine rings is 1. The molecule has 0 bridgehead atoms. The van der Waals surface area contributed by atoms with Crippen molar-refractivity contribution in [1.29, 1.82) is 0 Å². The largest absolute Gasteiger partial charge is 0.396 e. The smallest absolute Gasteiger partial charge is 0.267 e. The van der Waals surface area contributed by atoms with Crippen molar-refractivity contribution >= 4 is 11.6 Å². The van der Waals surface area contributed by atoms with Crippen LogP contribution in [0.1, 0.15) is 36.2 Å². The molecule has 1 aromatic rings. The summed E-state index contributed by atoms with van der Waals surface area (Å²) in [5.41, 5.74) is 6.30. The maximum absolute atomic E-state index is 11.1. The van der Waals surface area contributed by atoms with Crippen LogP contribution in [0.5, 0.6) is 0 Å². The highest BCUT2D eigenvalue weighted by atomic mass is 16.3. The lowest BCUT2D eigenvalue weighted by atomic mass is 9.85. The highest BCUT2D eigenvalue weighted by Gasteiger charge is 2.24. The summed E-state index contributed by atoms with van der Waals surface area (Å²) in [5.74, 6) is -0.245. The Kier molecular flexibility index (Phi) is 4.15. The van der Waals surface area contributed by atoms with Crippen molar-refractivity contribution < 1.29 is 9.90 Å². The number of hydrogen-bond donors (Lipinski definition) is 3. The molecule has 2 rings (SSSR count). The van der Waals surface area contributed by atoms with Crippen LogP contribution in [-0.2, 0) is 0 Å². The maximum Gasteiger partial charge on any atom is 0.267 e. The lowest BCUT2D eigenvalue weighted by Crippen LogP contribution is -2.34.